The van der Waals surface area contributed by atoms with Crippen molar-refractivity contribution in [3.63, 3.8) is 0 Å². The van der Waals surface area contributed by atoms with Gasteiger partial charge in [-0.2, -0.15) is 0 Å². The maximum absolute atomic E-state index is 5.94. The van der Waals surface area contributed by atoms with Gasteiger partial charge in [0.15, 0.2) is 0 Å². The molecular weight excluding hydrogens is 228 g/mol. The SMILES string of the molecule is CC(C)(C)OCCC(C)(C)OCC1CC(C)(C)O1. The van der Waals surface area contributed by atoms with Crippen LogP contribution in [0, 0.1) is 0 Å². The van der Waals surface area contributed by atoms with Crippen molar-refractivity contribution in [1.82, 2.24) is 0 Å². The zero-order chi connectivity index (χ0) is 14.0. The summed E-state index contributed by atoms with van der Waals surface area (Å²) in [7, 11) is 0. The first-order valence-corrected chi connectivity index (χ1v) is 6.95. The molecule has 1 atom stereocenters. The number of hydrogen-bond donors (Lipinski definition) is 0. The molecule has 0 bridgehead atoms. The van der Waals surface area contributed by atoms with Crippen molar-refractivity contribution in [2.75, 3.05) is 13.2 Å². The maximum atomic E-state index is 5.94. The highest BCUT2D eigenvalue weighted by atomic mass is 16.6. The van der Waals surface area contributed by atoms with Crippen molar-refractivity contribution < 1.29 is 14.2 Å². The first kappa shape index (κ1) is 15.9. The summed E-state index contributed by atoms with van der Waals surface area (Å²) >= 11 is 0. The highest BCUT2D eigenvalue weighted by Gasteiger charge is 2.38. The van der Waals surface area contributed by atoms with Crippen LogP contribution in [0.2, 0.25) is 0 Å². The first-order chi connectivity index (χ1) is 7.99. The molecule has 0 amide bonds. The van der Waals surface area contributed by atoms with Gasteiger partial charge in [0.05, 0.1) is 29.5 Å². The van der Waals surface area contributed by atoms with E-state index < -0.39 is 0 Å². The predicted octanol–water partition coefficient (Wildman–Crippen LogP) is 3.55. The van der Waals surface area contributed by atoms with Crippen molar-refractivity contribution in [3.05, 3.63) is 0 Å². The third-order valence-electron chi connectivity index (χ3n) is 3.10. The molecule has 1 fully saturated rings. The normalized spacial score (nSPS) is 23.8. The van der Waals surface area contributed by atoms with Crippen LogP contribution in [0.3, 0.4) is 0 Å². The van der Waals surface area contributed by atoms with Gasteiger partial charge < -0.3 is 14.2 Å². The minimum absolute atomic E-state index is 0.0491. The Balaban J connectivity index is 2.16. The summed E-state index contributed by atoms with van der Waals surface area (Å²) in [6.45, 7) is 16.1. The summed E-state index contributed by atoms with van der Waals surface area (Å²) in [6.07, 6.45) is 2.25. The Labute approximate surface area is 112 Å². The number of rotatable bonds is 6. The minimum atomic E-state index is -0.145. The van der Waals surface area contributed by atoms with Gasteiger partial charge in [-0.3, -0.25) is 0 Å². The lowest BCUT2D eigenvalue weighted by Gasteiger charge is -2.44. The molecule has 1 aliphatic rings. The molecule has 18 heavy (non-hydrogen) atoms. The van der Waals surface area contributed by atoms with Gasteiger partial charge in [-0.1, -0.05) is 0 Å². The van der Waals surface area contributed by atoms with Gasteiger partial charge in [-0.15, -0.1) is 0 Å². The lowest BCUT2D eigenvalue weighted by Crippen LogP contribution is -2.49. The van der Waals surface area contributed by atoms with Crippen molar-refractivity contribution >= 4 is 0 Å². The van der Waals surface area contributed by atoms with Gasteiger partial charge in [0.25, 0.3) is 0 Å². The van der Waals surface area contributed by atoms with Crippen molar-refractivity contribution in [1.29, 1.82) is 0 Å². The first-order valence-electron chi connectivity index (χ1n) is 6.95. The lowest BCUT2D eigenvalue weighted by atomic mass is 9.93. The quantitative estimate of drug-likeness (QED) is 0.729. The Morgan fingerprint density at radius 1 is 1.11 bits per heavy atom. The molecule has 0 aromatic carbocycles. The molecule has 0 spiro atoms. The molecule has 0 saturated carbocycles. The van der Waals surface area contributed by atoms with Crippen LogP contribution in [-0.4, -0.2) is 36.1 Å². The highest BCUT2D eigenvalue weighted by molar-refractivity contribution is 4.86. The molecule has 1 heterocycles. The second-order valence-electron chi connectivity index (χ2n) is 7.49. The fraction of sp³-hybridized carbons (Fsp3) is 1.00. The smallest absolute Gasteiger partial charge is 0.0843 e. The van der Waals surface area contributed by atoms with E-state index in [0.717, 1.165) is 19.4 Å². The fourth-order valence-corrected chi connectivity index (χ4v) is 2.08. The van der Waals surface area contributed by atoms with E-state index >= 15 is 0 Å². The second kappa shape index (κ2) is 5.48. The Hall–Kier alpha value is -0.120. The Bertz CT molecular complexity index is 255. The van der Waals surface area contributed by atoms with Gasteiger partial charge in [-0.25, -0.2) is 0 Å². The van der Waals surface area contributed by atoms with Gasteiger partial charge in [0.1, 0.15) is 0 Å². The summed E-state index contributed by atoms with van der Waals surface area (Å²) in [6, 6.07) is 0. The molecule has 0 N–H and O–H groups in total. The Morgan fingerprint density at radius 2 is 1.67 bits per heavy atom. The van der Waals surface area contributed by atoms with Gasteiger partial charge in [-0.05, 0) is 54.9 Å². The van der Waals surface area contributed by atoms with Crippen LogP contribution in [0.5, 0.6) is 0 Å². The van der Waals surface area contributed by atoms with Crippen LogP contribution in [0.15, 0.2) is 0 Å². The van der Waals surface area contributed by atoms with Gasteiger partial charge >= 0.3 is 0 Å². The van der Waals surface area contributed by atoms with Crippen molar-refractivity contribution in [2.24, 2.45) is 0 Å². The molecule has 3 nitrogen and oxygen atoms in total. The molecule has 108 valence electrons. The average molecular weight is 258 g/mol. The molecule has 0 aromatic rings. The van der Waals surface area contributed by atoms with E-state index in [2.05, 4.69) is 48.5 Å². The molecular formula is C15H30O3. The third-order valence-corrected chi connectivity index (χ3v) is 3.10. The molecule has 0 aromatic heterocycles. The lowest BCUT2D eigenvalue weighted by molar-refractivity contribution is -0.218. The zero-order valence-electron chi connectivity index (χ0n) is 13.1. The summed E-state index contributed by atoms with van der Waals surface area (Å²) < 4.78 is 17.4. The van der Waals surface area contributed by atoms with Crippen LogP contribution in [-0.2, 0) is 14.2 Å². The van der Waals surface area contributed by atoms with E-state index in [1.807, 2.05) is 0 Å². The molecule has 3 heteroatoms. The average Bonchev–Trinajstić information content (AvgIpc) is 2.08. The topological polar surface area (TPSA) is 27.7 Å². The molecule has 1 saturated heterocycles. The van der Waals surface area contributed by atoms with E-state index in [9.17, 15) is 0 Å². The second-order valence-corrected chi connectivity index (χ2v) is 7.49. The fourth-order valence-electron chi connectivity index (χ4n) is 2.08. The van der Waals surface area contributed by atoms with E-state index in [0.29, 0.717) is 6.61 Å². The monoisotopic (exact) mass is 258 g/mol. The van der Waals surface area contributed by atoms with Gasteiger partial charge in [0, 0.05) is 13.0 Å². The van der Waals surface area contributed by atoms with Crippen LogP contribution in [0.1, 0.15) is 61.3 Å². The van der Waals surface area contributed by atoms with Crippen LogP contribution in [0.25, 0.3) is 0 Å². The highest BCUT2D eigenvalue weighted by Crippen LogP contribution is 2.32. The van der Waals surface area contributed by atoms with E-state index in [1.54, 1.807) is 0 Å². The summed E-state index contributed by atoms with van der Waals surface area (Å²) in [5, 5.41) is 0. The molecule has 1 unspecified atom stereocenters. The molecule has 0 radical (unpaired) electrons. The van der Waals surface area contributed by atoms with Crippen LogP contribution < -0.4 is 0 Å². The molecule has 1 aliphatic heterocycles. The number of hydrogen-bond acceptors (Lipinski definition) is 3. The van der Waals surface area contributed by atoms with Crippen molar-refractivity contribution in [3.8, 4) is 0 Å². The van der Waals surface area contributed by atoms with E-state index in [1.165, 1.54) is 0 Å². The summed E-state index contributed by atoms with van der Waals surface area (Å²) in [5.41, 5.74) is -0.168. The third kappa shape index (κ3) is 6.17. The maximum Gasteiger partial charge on any atom is 0.0843 e. The Kier molecular flexibility index (Phi) is 4.85. The molecule has 1 rings (SSSR count). The van der Waals surface area contributed by atoms with E-state index in [4.69, 9.17) is 14.2 Å². The van der Waals surface area contributed by atoms with Crippen LogP contribution in [0.4, 0.5) is 0 Å². The summed E-state index contributed by atoms with van der Waals surface area (Å²) in [4.78, 5) is 0. The predicted molar refractivity (Wildman–Crippen MR) is 73.9 cm³/mol. The minimum Gasteiger partial charge on any atom is -0.376 e. The molecule has 0 aliphatic carbocycles. The van der Waals surface area contributed by atoms with Gasteiger partial charge in [0.2, 0.25) is 0 Å². The van der Waals surface area contributed by atoms with E-state index in [-0.39, 0.29) is 22.9 Å². The van der Waals surface area contributed by atoms with Crippen molar-refractivity contribution in [2.45, 2.75) is 84.2 Å². The Morgan fingerprint density at radius 3 is 2.11 bits per heavy atom. The number of ether oxygens (including phenoxy) is 3. The van der Waals surface area contributed by atoms with Crippen LogP contribution >= 0.6 is 0 Å². The standard InChI is InChI=1S/C15H30O3/c1-13(2,3)16-9-8-14(4,5)17-11-12-10-15(6,7)18-12/h12H,8-11H2,1-7H3. The zero-order valence-corrected chi connectivity index (χ0v) is 13.1. The summed E-state index contributed by atoms with van der Waals surface area (Å²) in [5.74, 6) is 0. The largest absolute Gasteiger partial charge is 0.376 e.